The summed E-state index contributed by atoms with van der Waals surface area (Å²) in [4.78, 5) is 11.5. The first kappa shape index (κ1) is 14.1. The molecule has 0 fully saturated rings. The molecule has 0 aliphatic carbocycles. The summed E-state index contributed by atoms with van der Waals surface area (Å²) in [6.45, 7) is 3.95. The number of nitrogens with two attached hydrogens (primary N) is 1. The number of sulfonamides is 1. The molecule has 0 radical (unpaired) electrons. The molecule has 0 unspecified atom stereocenters. The van der Waals surface area contributed by atoms with Crippen molar-refractivity contribution in [2.45, 2.75) is 18.7 Å². The number of carbonyl (C=O) groups is 1. The lowest BCUT2D eigenvalue weighted by Crippen LogP contribution is -2.23. The van der Waals surface area contributed by atoms with Crippen LogP contribution in [0.4, 0.5) is 0 Å². The average molecular weight is 321 g/mol. The van der Waals surface area contributed by atoms with E-state index in [-0.39, 0.29) is 16.4 Å². The Bertz CT molecular complexity index is 555. The Morgan fingerprint density at radius 3 is 2.53 bits per heavy atom. The Balaban J connectivity index is 3.39. The van der Waals surface area contributed by atoms with Gasteiger partial charge in [-0.3, -0.25) is 4.79 Å². The van der Waals surface area contributed by atoms with Crippen molar-refractivity contribution < 1.29 is 13.2 Å². The fraction of sp³-hybridized carbons (Fsp3) is 0.300. The molecule has 0 spiro atoms. The quantitative estimate of drug-likeness (QED) is 0.875. The number of carbonyl (C=O) groups excluding carboxylic acids is 1. The third-order valence-electron chi connectivity index (χ3n) is 2.13. The van der Waals surface area contributed by atoms with Gasteiger partial charge in [0.1, 0.15) is 0 Å². The molecule has 0 aromatic heterocycles. The minimum Gasteiger partial charge on any atom is -0.352 e. The smallest absolute Gasteiger partial charge is 0.251 e. The maximum absolute atomic E-state index is 11.6. The summed E-state index contributed by atoms with van der Waals surface area (Å²) in [6, 6.07) is 2.86. The van der Waals surface area contributed by atoms with Gasteiger partial charge in [0.2, 0.25) is 10.0 Å². The van der Waals surface area contributed by atoms with Gasteiger partial charge in [-0.1, -0.05) is 0 Å². The molecule has 5 nitrogen and oxygen atoms in total. The maximum atomic E-state index is 11.6. The van der Waals surface area contributed by atoms with Crippen molar-refractivity contribution in [1.82, 2.24) is 5.32 Å². The standard InChI is InChI=1S/C10H13BrN2O3S/c1-3-13-10(14)7-4-6(2)9(11)8(5-7)17(12,15)16/h4-5H,3H2,1-2H3,(H,13,14)(H2,12,15,16). The number of rotatable bonds is 3. The van der Waals surface area contributed by atoms with Gasteiger partial charge in [0, 0.05) is 16.6 Å². The number of halogens is 1. The van der Waals surface area contributed by atoms with Crippen LogP contribution in [0.2, 0.25) is 0 Å². The number of primary sulfonamides is 1. The first-order valence-electron chi connectivity index (χ1n) is 4.88. The van der Waals surface area contributed by atoms with Crippen LogP contribution in [0.25, 0.3) is 0 Å². The topological polar surface area (TPSA) is 89.3 Å². The number of aryl methyl sites for hydroxylation is 1. The van der Waals surface area contributed by atoms with E-state index in [1.165, 1.54) is 6.07 Å². The lowest BCUT2D eigenvalue weighted by molar-refractivity contribution is 0.0955. The van der Waals surface area contributed by atoms with E-state index in [9.17, 15) is 13.2 Å². The highest BCUT2D eigenvalue weighted by molar-refractivity contribution is 9.10. The molecule has 0 bridgehead atoms. The average Bonchev–Trinajstić information content (AvgIpc) is 2.20. The van der Waals surface area contributed by atoms with Gasteiger partial charge >= 0.3 is 0 Å². The van der Waals surface area contributed by atoms with Crippen molar-refractivity contribution in [2.24, 2.45) is 5.14 Å². The van der Waals surface area contributed by atoms with E-state index >= 15 is 0 Å². The van der Waals surface area contributed by atoms with Gasteiger partial charge in [-0.2, -0.15) is 0 Å². The van der Waals surface area contributed by atoms with E-state index in [0.29, 0.717) is 16.6 Å². The summed E-state index contributed by atoms with van der Waals surface area (Å²) in [7, 11) is -3.85. The summed E-state index contributed by atoms with van der Waals surface area (Å²) < 4.78 is 23.1. The molecule has 0 saturated heterocycles. The highest BCUT2D eigenvalue weighted by atomic mass is 79.9. The predicted octanol–water partition coefficient (Wildman–Crippen LogP) is 1.15. The fourth-order valence-corrected chi connectivity index (χ4v) is 2.95. The van der Waals surface area contributed by atoms with Gasteiger partial charge in [0.05, 0.1) is 4.90 Å². The molecular weight excluding hydrogens is 308 g/mol. The molecule has 1 amide bonds. The van der Waals surface area contributed by atoms with Gasteiger partial charge < -0.3 is 5.32 Å². The van der Waals surface area contributed by atoms with Crippen LogP contribution in [-0.2, 0) is 10.0 Å². The van der Waals surface area contributed by atoms with E-state index < -0.39 is 10.0 Å². The van der Waals surface area contributed by atoms with Gasteiger partial charge in [0.15, 0.2) is 0 Å². The van der Waals surface area contributed by atoms with Crippen molar-refractivity contribution in [3.05, 3.63) is 27.7 Å². The summed E-state index contributed by atoms with van der Waals surface area (Å²) in [6.07, 6.45) is 0. The van der Waals surface area contributed by atoms with Gasteiger partial charge in [-0.25, -0.2) is 13.6 Å². The zero-order chi connectivity index (χ0) is 13.2. The molecule has 0 aliphatic rings. The lowest BCUT2D eigenvalue weighted by Gasteiger charge is -2.09. The monoisotopic (exact) mass is 320 g/mol. The zero-order valence-electron chi connectivity index (χ0n) is 9.45. The molecule has 0 heterocycles. The molecule has 1 aromatic carbocycles. The van der Waals surface area contributed by atoms with Crippen LogP contribution in [0.5, 0.6) is 0 Å². The minimum absolute atomic E-state index is 0.0845. The number of amides is 1. The number of hydrogen-bond donors (Lipinski definition) is 2. The summed E-state index contributed by atoms with van der Waals surface area (Å²) in [5.74, 6) is -0.326. The fourth-order valence-electron chi connectivity index (χ4n) is 1.34. The third-order valence-corrected chi connectivity index (χ3v) is 4.38. The van der Waals surface area contributed by atoms with Crippen LogP contribution in [0, 0.1) is 6.92 Å². The molecule has 1 aromatic rings. The minimum atomic E-state index is -3.85. The van der Waals surface area contributed by atoms with Gasteiger partial charge in [0.25, 0.3) is 5.91 Å². The highest BCUT2D eigenvalue weighted by Crippen LogP contribution is 2.26. The first-order chi connectivity index (χ1) is 7.77. The summed E-state index contributed by atoms with van der Waals surface area (Å²) in [5.41, 5.74) is 0.911. The maximum Gasteiger partial charge on any atom is 0.251 e. The van der Waals surface area contributed by atoms with Gasteiger partial charge in [-0.15, -0.1) is 0 Å². The van der Waals surface area contributed by atoms with E-state index in [2.05, 4.69) is 21.2 Å². The molecule has 3 N–H and O–H groups in total. The van der Waals surface area contributed by atoms with Crippen LogP contribution in [0.3, 0.4) is 0 Å². The Morgan fingerprint density at radius 1 is 1.47 bits per heavy atom. The van der Waals surface area contributed by atoms with Crippen LogP contribution in [0.15, 0.2) is 21.5 Å². The second kappa shape index (κ2) is 5.16. The van der Waals surface area contributed by atoms with Crippen LogP contribution < -0.4 is 10.5 Å². The van der Waals surface area contributed by atoms with Crippen LogP contribution in [0.1, 0.15) is 22.8 Å². The molecule has 17 heavy (non-hydrogen) atoms. The summed E-state index contributed by atoms with van der Waals surface area (Å²) in [5, 5.41) is 7.68. The molecule has 94 valence electrons. The normalized spacial score (nSPS) is 11.3. The highest BCUT2D eigenvalue weighted by Gasteiger charge is 2.18. The third kappa shape index (κ3) is 3.27. The zero-order valence-corrected chi connectivity index (χ0v) is 11.9. The number of benzene rings is 1. The number of hydrogen-bond acceptors (Lipinski definition) is 3. The predicted molar refractivity (Wildman–Crippen MR) is 68.3 cm³/mol. The van der Waals surface area contributed by atoms with Crippen LogP contribution in [-0.4, -0.2) is 20.9 Å². The Kier molecular flexibility index (Phi) is 4.29. The van der Waals surface area contributed by atoms with E-state index in [0.717, 1.165) is 0 Å². The van der Waals surface area contributed by atoms with Crippen molar-refractivity contribution in [3.63, 3.8) is 0 Å². The molecular formula is C10H13BrN2O3S. The molecule has 7 heteroatoms. The molecule has 0 saturated carbocycles. The Labute approximate surface area is 109 Å². The number of nitrogens with one attached hydrogen (secondary N) is 1. The second-order valence-corrected chi connectivity index (χ2v) is 5.83. The summed E-state index contributed by atoms with van der Waals surface area (Å²) >= 11 is 3.15. The van der Waals surface area contributed by atoms with Gasteiger partial charge in [-0.05, 0) is 47.5 Å². The van der Waals surface area contributed by atoms with Crippen LogP contribution >= 0.6 is 15.9 Å². The van der Waals surface area contributed by atoms with E-state index in [1.54, 1.807) is 19.9 Å². The largest absolute Gasteiger partial charge is 0.352 e. The molecule has 0 atom stereocenters. The first-order valence-corrected chi connectivity index (χ1v) is 7.22. The van der Waals surface area contributed by atoms with Crippen molar-refractivity contribution >= 4 is 31.9 Å². The van der Waals surface area contributed by atoms with E-state index in [4.69, 9.17) is 5.14 Å². The second-order valence-electron chi connectivity index (χ2n) is 3.51. The van der Waals surface area contributed by atoms with Crippen molar-refractivity contribution in [1.29, 1.82) is 0 Å². The SMILES string of the molecule is CCNC(=O)c1cc(C)c(Br)c(S(N)(=O)=O)c1. The Morgan fingerprint density at radius 2 is 2.06 bits per heavy atom. The molecule has 0 aliphatic heterocycles. The Hall–Kier alpha value is -0.920. The van der Waals surface area contributed by atoms with Crippen molar-refractivity contribution in [3.8, 4) is 0 Å². The van der Waals surface area contributed by atoms with Crippen molar-refractivity contribution in [2.75, 3.05) is 6.54 Å². The lowest BCUT2D eigenvalue weighted by atomic mass is 10.1. The molecule has 1 rings (SSSR count). The van der Waals surface area contributed by atoms with E-state index in [1.807, 2.05) is 0 Å².